The Hall–Kier alpha value is -1.78. The average Bonchev–Trinajstić information content (AvgIpc) is 2.82. The van der Waals surface area contributed by atoms with Crippen LogP contribution in [0.1, 0.15) is 48.5 Å². The third-order valence-corrected chi connectivity index (χ3v) is 4.02. The fourth-order valence-corrected chi connectivity index (χ4v) is 2.85. The van der Waals surface area contributed by atoms with Crippen LogP contribution in [-0.2, 0) is 19.0 Å². The lowest BCUT2D eigenvalue weighted by Gasteiger charge is -2.20. The number of halogens is 3. The van der Waals surface area contributed by atoms with Gasteiger partial charge >= 0.3 is 6.18 Å². The van der Waals surface area contributed by atoms with E-state index in [1.807, 2.05) is 6.20 Å². The highest BCUT2D eigenvalue weighted by molar-refractivity contribution is 5.27. The summed E-state index contributed by atoms with van der Waals surface area (Å²) in [4.78, 5) is 4.61. The third-order valence-electron chi connectivity index (χ3n) is 4.02. The van der Waals surface area contributed by atoms with E-state index in [0.29, 0.717) is 12.5 Å². The molecular formula is C16H17F3N2. The van der Waals surface area contributed by atoms with Crippen LogP contribution in [-0.4, -0.2) is 9.55 Å². The minimum Gasteiger partial charge on any atom is -0.332 e. The van der Waals surface area contributed by atoms with Crippen molar-refractivity contribution in [3.8, 4) is 0 Å². The number of imidazole rings is 1. The molecule has 0 N–H and O–H groups in total. The van der Waals surface area contributed by atoms with Crippen molar-refractivity contribution in [2.45, 2.75) is 44.8 Å². The van der Waals surface area contributed by atoms with E-state index in [9.17, 15) is 13.2 Å². The van der Waals surface area contributed by atoms with Crippen LogP contribution in [0.25, 0.3) is 0 Å². The van der Waals surface area contributed by atoms with Gasteiger partial charge < -0.3 is 4.57 Å². The molecule has 0 amide bonds. The summed E-state index contributed by atoms with van der Waals surface area (Å²) in [6.45, 7) is 2.17. The van der Waals surface area contributed by atoms with Crippen molar-refractivity contribution in [2.75, 3.05) is 0 Å². The van der Waals surface area contributed by atoms with E-state index in [-0.39, 0.29) is 0 Å². The van der Waals surface area contributed by atoms with E-state index in [1.165, 1.54) is 12.1 Å². The highest BCUT2D eigenvalue weighted by atomic mass is 19.4. The van der Waals surface area contributed by atoms with Gasteiger partial charge in [-0.2, -0.15) is 13.2 Å². The van der Waals surface area contributed by atoms with Crippen LogP contribution in [0.5, 0.6) is 0 Å². The summed E-state index contributed by atoms with van der Waals surface area (Å²) in [6.07, 6.45) is 1.63. The van der Waals surface area contributed by atoms with Crippen molar-refractivity contribution in [3.63, 3.8) is 0 Å². The molecule has 1 aromatic carbocycles. The van der Waals surface area contributed by atoms with Crippen molar-refractivity contribution in [1.29, 1.82) is 0 Å². The Bertz CT molecular complexity index is 626. The Balaban J connectivity index is 1.78. The van der Waals surface area contributed by atoms with Crippen LogP contribution < -0.4 is 0 Å². The first-order valence-electron chi connectivity index (χ1n) is 7.16. The molecule has 0 fully saturated rings. The van der Waals surface area contributed by atoms with Gasteiger partial charge in [-0.1, -0.05) is 12.1 Å². The topological polar surface area (TPSA) is 17.8 Å². The van der Waals surface area contributed by atoms with Crippen LogP contribution in [0.15, 0.2) is 30.5 Å². The Morgan fingerprint density at radius 3 is 2.57 bits per heavy atom. The van der Waals surface area contributed by atoms with Crippen molar-refractivity contribution in [2.24, 2.45) is 0 Å². The predicted molar refractivity (Wildman–Crippen MR) is 74.1 cm³/mol. The highest BCUT2D eigenvalue weighted by Crippen LogP contribution is 2.29. The number of fused-ring (bicyclic) bond motifs is 1. The maximum atomic E-state index is 12.5. The molecule has 1 unspecified atom stereocenters. The zero-order valence-electron chi connectivity index (χ0n) is 11.8. The quantitative estimate of drug-likeness (QED) is 0.803. The Labute approximate surface area is 121 Å². The first kappa shape index (κ1) is 14.2. The number of aromatic nitrogens is 2. The normalized spacial score (nSPS) is 18.6. The molecule has 0 bridgehead atoms. The molecule has 0 aliphatic carbocycles. The minimum absolute atomic E-state index is 0.461. The number of rotatable bonds is 2. The molecule has 2 nitrogen and oxygen atoms in total. The standard InChI is InChI=1S/C16H17F3N2/c1-11-3-2-4-15-20-14(10-21(11)15)9-12-5-7-13(8-6-12)16(17,18)19/h5-8,10-11H,2-4,9H2,1H3. The molecule has 1 aliphatic heterocycles. The molecule has 2 heterocycles. The lowest BCUT2D eigenvalue weighted by Crippen LogP contribution is -2.14. The summed E-state index contributed by atoms with van der Waals surface area (Å²) < 4.78 is 39.8. The maximum Gasteiger partial charge on any atom is 0.416 e. The number of nitrogens with zero attached hydrogens (tertiary/aromatic N) is 2. The summed E-state index contributed by atoms with van der Waals surface area (Å²) in [5.41, 5.74) is 1.17. The van der Waals surface area contributed by atoms with Crippen molar-refractivity contribution >= 4 is 0 Å². The highest BCUT2D eigenvalue weighted by Gasteiger charge is 2.30. The molecule has 0 spiro atoms. The first-order valence-corrected chi connectivity index (χ1v) is 7.16. The lowest BCUT2D eigenvalue weighted by atomic mass is 10.1. The number of alkyl halides is 3. The summed E-state index contributed by atoms with van der Waals surface area (Å²) in [7, 11) is 0. The van der Waals surface area contributed by atoms with Crippen LogP contribution in [0.3, 0.4) is 0 Å². The minimum atomic E-state index is -4.28. The maximum absolute atomic E-state index is 12.5. The molecule has 0 saturated heterocycles. The van der Waals surface area contributed by atoms with Crippen LogP contribution in [0.2, 0.25) is 0 Å². The molecule has 112 valence electrons. The molecule has 1 aliphatic rings. The molecule has 2 aromatic rings. The molecule has 0 saturated carbocycles. The van der Waals surface area contributed by atoms with E-state index in [4.69, 9.17) is 0 Å². The summed E-state index contributed by atoms with van der Waals surface area (Å²) in [6, 6.07) is 5.79. The van der Waals surface area contributed by atoms with E-state index >= 15 is 0 Å². The van der Waals surface area contributed by atoms with Crippen molar-refractivity contribution in [1.82, 2.24) is 9.55 Å². The third kappa shape index (κ3) is 2.96. The van der Waals surface area contributed by atoms with Gasteiger partial charge in [-0.15, -0.1) is 0 Å². The van der Waals surface area contributed by atoms with Gasteiger partial charge in [0.2, 0.25) is 0 Å². The monoisotopic (exact) mass is 294 g/mol. The Morgan fingerprint density at radius 2 is 1.95 bits per heavy atom. The summed E-state index contributed by atoms with van der Waals surface area (Å²) >= 11 is 0. The van der Waals surface area contributed by atoms with Gasteiger partial charge in [0, 0.05) is 25.1 Å². The van der Waals surface area contributed by atoms with Crippen molar-refractivity contribution in [3.05, 3.63) is 53.1 Å². The van der Waals surface area contributed by atoms with Gasteiger partial charge in [0.1, 0.15) is 5.82 Å². The fraction of sp³-hybridized carbons (Fsp3) is 0.438. The van der Waals surface area contributed by atoms with Crippen LogP contribution in [0.4, 0.5) is 13.2 Å². The predicted octanol–water partition coefficient (Wildman–Crippen LogP) is 4.39. The largest absolute Gasteiger partial charge is 0.416 e. The van der Waals surface area contributed by atoms with Gasteiger partial charge in [-0.25, -0.2) is 4.98 Å². The van der Waals surface area contributed by atoms with Gasteiger partial charge in [0.15, 0.2) is 0 Å². The molecule has 0 radical (unpaired) electrons. The van der Waals surface area contributed by atoms with Crippen molar-refractivity contribution < 1.29 is 13.2 Å². The second-order valence-corrected chi connectivity index (χ2v) is 5.67. The van der Waals surface area contributed by atoms with Gasteiger partial charge in [-0.3, -0.25) is 0 Å². The summed E-state index contributed by atoms with van der Waals surface area (Å²) in [5, 5.41) is 0. The molecule has 1 atom stereocenters. The molecule has 5 heteroatoms. The number of aryl methyl sites for hydroxylation is 1. The Morgan fingerprint density at radius 1 is 1.24 bits per heavy atom. The fourth-order valence-electron chi connectivity index (χ4n) is 2.85. The van der Waals surface area contributed by atoms with Gasteiger partial charge in [0.05, 0.1) is 11.3 Å². The Kier molecular flexibility index (Phi) is 3.51. The van der Waals surface area contributed by atoms with E-state index in [2.05, 4.69) is 16.5 Å². The van der Waals surface area contributed by atoms with E-state index in [0.717, 1.165) is 48.5 Å². The molecule has 3 rings (SSSR count). The lowest BCUT2D eigenvalue weighted by molar-refractivity contribution is -0.137. The van der Waals surface area contributed by atoms with E-state index < -0.39 is 11.7 Å². The molecular weight excluding hydrogens is 277 g/mol. The van der Waals surface area contributed by atoms with Gasteiger partial charge in [0.25, 0.3) is 0 Å². The zero-order chi connectivity index (χ0) is 15.0. The average molecular weight is 294 g/mol. The molecule has 1 aromatic heterocycles. The number of hydrogen-bond acceptors (Lipinski definition) is 1. The summed E-state index contributed by atoms with van der Waals surface area (Å²) in [5.74, 6) is 1.09. The number of hydrogen-bond donors (Lipinski definition) is 0. The molecule has 21 heavy (non-hydrogen) atoms. The second kappa shape index (κ2) is 5.20. The number of benzene rings is 1. The smallest absolute Gasteiger partial charge is 0.332 e. The van der Waals surface area contributed by atoms with Crippen LogP contribution in [0, 0.1) is 0 Å². The van der Waals surface area contributed by atoms with Crippen LogP contribution >= 0.6 is 0 Å². The van der Waals surface area contributed by atoms with Gasteiger partial charge in [-0.05, 0) is 37.5 Å². The first-order chi connectivity index (χ1) is 9.93. The zero-order valence-corrected chi connectivity index (χ0v) is 11.8. The SMILES string of the molecule is CC1CCCc2nc(Cc3ccc(C(F)(F)F)cc3)cn21. The van der Waals surface area contributed by atoms with E-state index in [1.54, 1.807) is 0 Å². The second-order valence-electron chi connectivity index (χ2n) is 5.67.